The van der Waals surface area contributed by atoms with E-state index in [4.69, 9.17) is 25.9 Å². The Balaban J connectivity index is 2.12. The van der Waals surface area contributed by atoms with Crippen LogP contribution in [0.15, 0.2) is 28.7 Å². The van der Waals surface area contributed by atoms with Gasteiger partial charge in [0.2, 0.25) is 0 Å². The van der Waals surface area contributed by atoms with Crippen molar-refractivity contribution in [1.29, 1.82) is 0 Å². The normalized spacial score (nSPS) is 10.4. The van der Waals surface area contributed by atoms with Gasteiger partial charge in [0, 0.05) is 29.6 Å². The van der Waals surface area contributed by atoms with Gasteiger partial charge in [-0.2, -0.15) is 0 Å². The molecular weight excluding hydrogens is 322 g/mol. The SMILES string of the molecule is CCc1oc(C(=O)NCc2ccc(Cl)cc2OC)cc1C(=O)O. The van der Waals surface area contributed by atoms with Gasteiger partial charge in [-0.25, -0.2) is 4.79 Å². The highest BCUT2D eigenvalue weighted by Crippen LogP contribution is 2.23. The highest BCUT2D eigenvalue weighted by atomic mass is 35.5. The van der Waals surface area contributed by atoms with Gasteiger partial charge in [-0.3, -0.25) is 4.79 Å². The molecule has 2 rings (SSSR count). The summed E-state index contributed by atoms with van der Waals surface area (Å²) in [6, 6.07) is 6.31. The van der Waals surface area contributed by atoms with Crippen LogP contribution in [-0.2, 0) is 13.0 Å². The topological polar surface area (TPSA) is 88.8 Å². The maximum absolute atomic E-state index is 12.1. The van der Waals surface area contributed by atoms with Crippen LogP contribution in [0.1, 0.15) is 39.2 Å². The van der Waals surface area contributed by atoms with E-state index in [0.717, 1.165) is 5.56 Å². The Morgan fingerprint density at radius 2 is 2.09 bits per heavy atom. The molecule has 2 aromatic rings. The van der Waals surface area contributed by atoms with Crippen molar-refractivity contribution < 1.29 is 23.8 Å². The third kappa shape index (κ3) is 3.84. The minimum absolute atomic E-state index is 0.00160. The molecule has 0 fully saturated rings. The van der Waals surface area contributed by atoms with Crippen LogP contribution in [0.25, 0.3) is 0 Å². The quantitative estimate of drug-likeness (QED) is 0.845. The molecular formula is C16H16ClNO5. The van der Waals surface area contributed by atoms with E-state index in [2.05, 4.69) is 5.32 Å². The molecule has 0 radical (unpaired) electrons. The molecule has 0 spiro atoms. The molecule has 0 aliphatic heterocycles. The van der Waals surface area contributed by atoms with Crippen molar-refractivity contribution in [3.63, 3.8) is 0 Å². The van der Waals surface area contributed by atoms with E-state index in [-0.39, 0.29) is 23.6 Å². The fourth-order valence-corrected chi connectivity index (χ4v) is 2.27. The summed E-state index contributed by atoms with van der Waals surface area (Å²) < 4.78 is 10.5. The van der Waals surface area contributed by atoms with Crippen LogP contribution in [0.3, 0.4) is 0 Å². The molecule has 0 bridgehead atoms. The summed E-state index contributed by atoms with van der Waals surface area (Å²) in [4.78, 5) is 23.2. The zero-order valence-electron chi connectivity index (χ0n) is 12.7. The van der Waals surface area contributed by atoms with Crippen LogP contribution in [0, 0.1) is 0 Å². The molecule has 0 aliphatic carbocycles. The second-order valence-electron chi connectivity index (χ2n) is 4.75. The van der Waals surface area contributed by atoms with E-state index in [9.17, 15) is 9.59 Å². The third-order valence-corrected chi connectivity index (χ3v) is 3.51. The van der Waals surface area contributed by atoms with E-state index in [1.807, 2.05) is 0 Å². The average Bonchev–Trinajstić information content (AvgIpc) is 2.98. The summed E-state index contributed by atoms with van der Waals surface area (Å²) in [6.45, 7) is 1.95. The van der Waals surface area contributed by atoms with Crippen LogP contribution >= 0.6 is 11.6 Å². The number of methoxy groups -OCH3 is 1. The summed E-state index contributed by atoms with van der Waals surface area (Å²) in [6.07, 6.45) is 0.389. The molecule has 0 unspecified atom stereocenters. The third-order valence-electron chi connectivity index (χ3n) is 3.27. The molecule has 23 heavy (non-hydrogen) atoms. The number of furan rings is 1. The molecule has 122 valence electrons. The highest BCUT2D eigenvalue weighted by molar-refractivity contribution is 6.30. The molecule has 1 amide bonds. The first-order valence-electron chi connectivity index (χ1n) is 6.92. The number of halogens is 1. The van der Waals surface area contributed by atoms with E-state index in [1.165, 1.54) is 13.2 Å². The minimum Gasteiger partial charge on any atom is -0.496 e. The van der Waals surface area contributed by atoms with Crippen molar-refractivity contribution >= 4 is 23.5 Å². The van der Waals surface area contributed by atoms with Crippen molar-refractivity contribution in [3.8, 4) is 5.75 Å². The van der Waals surface area contributed by atoms with Gasteiger partial charge in [-0.05, 0) is 12.1 Å². The number of amides is 1. The maximum atomic E-state index is 12.1. The largest absolute Gasteiger partial charge is 0.496 e. The molecule has 0 atom stereocenters. The number of carbonyl (C=O) groups excluding carboxylic acids is 1. The van der Waals surface area contributed by atoms with Crippen LogP contribution < -0.4 is 10.1 Å². The molecule has 0 saturated heterocycles. The molecule has 1 aromatic carbocycles. The molecule has 0 aliphatic rings. The second kappa shape index (κ2) is 7.19. The molecule has 2 N–H and O–H groups in total. The Hall–Kier alpha value is -2.47. The summed E-state index contributed by atoms with van der Waals surface area (Å²) in [5.41, 5.74) is 0.743. The molecule has 1 aromatic heterocycles. The van der Waals surface area contributed by atoms with Crippen LogP contribution in [0.4, 0.5) is 0 Å². The van der Waals surface area contributed by atoms with Crippen molar-refractivity contribution in [1.82, 2.24) is 5.32 Å². The van der Waals surface area contributed by atoms with Crippen molar-refractivity contribution in [3.05, 3.63) is 51.9 Å². The number of carboxylic acids is 1. The van der Waals surface area contributed by atoms with Crippen LogP contribution in [-0.4, -0.2) is 24.1 Å². The summed E-state index contributed by atoms with van der Waals surface area (Å²) in [5.74, 6) is -0.829. The monoisotopic (exact) mass is 337 g/mol. The number of carboxylic acid groups (broad SMARTS) is 1. The van der Waals surface area contributed by atoms with Crippen molar-refractivity contribution in [2.24, 2.45) is 0 Å². The van der Waals surface area contributed by atoms with Gasteiger partial charge < -0.3 is 19.6 Å². The fourth-order valence-electron chi connectivity index (χ4n) is 2.11. The maximum Gasteiger partial charge on any atom is 0.339 e. The first kappa shape index (κ1) is 16.9. The van der Waals surface area contributed by atoms with Gasteiger partial charge in [-0.1, -0.05) is 24.6 Å². The number of aromatic carboxylic acids is 1. The number of hydrogen-bond acceptors (Lipinski definition) is 4. The lowest BCUT2D eigenvalue weighted by molar-refractivity contribution is 0.0694. The highest BCUT2D eigenvalue weighted by Gasteiger charge is 2.20. The number of carbonyl (C=O) groups is 2. The van der Waals surface area contributed by atoms with E-state index in [1.54, 1.807) is 25.1 Å². The predicted octanol–water partition coefficient (Wildman–Crippen LogP) is 3.13. The van der Waals surface area contributed by atoms with Crippen LogP contribution in [0.2, 0.25) is 5.02 Å². The number of aryl methyl sites for hydroxylation is 1. The second-order valence-corrected chi connectivity index (χ2v) is 5.18. The number of hydrogen-bond donors (Lipinski definition) is 2. The van der Waals surface area contributed by atoms with Gasteiger partial charge in [-0.15, -0.1) is 0 Å². The Bertz CT molecular complexity index is 738. The number of nitrogens with one attached hydrogen (secondary N) is 1. The number of benzene rings is 1. The first-order valence-corrected chi connectivity index (χ1v) is 7.30. The van der Waals surface area contributed by atoms with Crippen molar-refractivity contribution in [2.45, 2.75) is 19.9 Å². The smallest absolute Gasteiger partial charge is 0.339 e. The van der Waals surface area contributed by atoms with Crippen LogP contribution in [0.5, 0.6) is 5.75 Å². The van der Waals surface area contributed by atoms with Gasteiger partial charge in [0.05, 0.1) is 7.11 Å². The summed E-state index contributed by atoms with van der Waals surface area (Å²) in [5, 5.41) is 12.3. The minimum atomic E-state index is -1.12. The molecule has 7 heteroatoms. The van der Waals surface area contributed by atoms with Gasteiger partial charge in [0.1, 0.15) is 17.1 Å². The Kier molecular flexibility index (Phi) is 5.28. The van der Waals surface area contributed by atoms with Crippen molar-refractivity contribution in [2.75, 3.05) is 7.11 Å². The Morgan fingerprint density at radius 1 is 1.35 bits per heavy atom. The standard InChI is InChI=1S/C16H16ClNO5/c1-3-12-11(16(20)21)7-14(23-12)15(19)18-8-9-4-5-10(17)6-13(9)22-2/h4-7H,3,8H2,1-2H3,(H,18,19)(H,20,21). The lowest BCUT2D eigenvalue weighted by Crippen LogP contribution is -2.22. The molecule has 1 heterocycles. The van der Waals surface area contributed by atoms with Gasteiger partial charge in [0.25, 0.3) is 5.91 Å². The average molecular weight is 338 g/mol. The zero-order valence-corrected chi connectivity index (χ0v) is 13.4. The van der Waals surface area contributed by atoms with Gasteiger partial charge >= 0.3 is 5.97 Å². The first-order chi connectivity index (χ1) is 11.0. The lowest BCUT2D eigenvalue weighted by Gasteiger charge is -2.09. The predicted molar refractivity (Wildman–Crippen MR) is 84.2 cm³/mol. The lowest BCUT2D eigenvalue weighted by atomic mass is 10.2. The summed E-state index contributed by atoms with van der Waals surface area (Å²) in [7, 11) is 1.51. The Morgan fingerprint density at radius 3 is 2.65 bits per heavy atom. The van der Waals surface area contributed by atoms with Gasteiger partial charge in [0.15, 0.2) is 5.76 Å². The number of ether oxygens (including phenoxy) is 1. The molecule has 0 saturated carbocycles. The zero-order chi connectivity index (χ0) is 17.0. The van der Waals surface area contributed by atoms with E-state index >= 15 is 0 Å². The van der Waals surface area contributed by atoms with E-state index < -0.39 is 11.9 Å². The summed E-state index contributed by atoms with van der Waals surface area (Å²) >= 11 is 5.88. The Labute approximate surface area is 138 Å². The molecule has 6 nitrogen and oxygen atoms in total. The number of rotatable bonds is 6. The van der Waals surface area contributed by atoms with E-state index in [0.29, 0.717) is 17.2 Å². The fraction of sp³-hybridized carbons (Fsp3) is 0.250.